The fourth-order valence-electron chi connectivity index (χ4n) is 5.49. The molecule has 0 atom stereocenters. The van der Waals surface area contributed by atoms with E-state index in [9.17, 15) is 0 Å². The van der Waals surface area contributed by atoms with E-state index in [0.717, 1.165) is 0 Å². The van der Waals surface area contributed by atoms with Crippen LogP contribution in [0.2, 0.25) is 0 Å². The Morgan fingerprint density at radius 1 is 0.270 bits per heavy atom. The summed E-state index contributed by atoms with van der Waals surface area (Å²) in [5.41, 5.74) is 1.28. The molecule has 12 bridgehead atoms. The average Bonchev–Trinajstić information content (AvgIpc) is 2.97. The van der Waals surface area contributed by atoms with Gasteiger partial charge in [0.05, 0.1) is 0 Å². The van der Waals surface area contributed by atoms with Gasteiger partial charge < -0.3 is 0 Å². The summed E-state index contributed by atoms with van der Waals surface area (Å²) in [5.74, 6) is 0. The van der Waals surface area contributed by atoms with Crippen molar-refractivity contribution in [3.8, 4) is 0 Å². The topological polar surface area (TPSA) is 0 Å². The van der Waals surface area contributed by atoms with Gasteiger partial charge in [-0.05, 0) is 114 Å². The first-order valence-electron chi connectivity index (χ1n) is 12.8. The van der Waals surface area contributed by atoms with E-state index in [1.807, 2.05) is 0 Å². The molecule has 0 spiro atoms. The van der Waals surface area contributed by atoms with Crippen molar-refractivity contribution < 1.29 is 0 Å². The second-order valence-corrected chi connectivity index (χ2v) is 9.93. The van der Waals surface area contributed by atoms with Crippen molar-refractivity contribution in [2.24, 2.45) is 0 Å². The van der Waals surface area contributed by atoms with Gasteiger partial charge in [0.15, 0.2) is 0 Å². The second-order valence-electron chi connectivity index (χ2n) is 9.93. The second kappa shape index (κ2) is 8.76. The minimum Gasteiger partial charge on any atom is -0.0610 e. The van der Waals surface area contributed by atoms with E-state index in [2.05, 4.69) is 146 Å². The van der Waals surface area contributed by atoms with Gasteiger partial charge in [-0.3, -0.25) is 0 Å². The largest absolute Gasteiger partial charge is 0.0610 e. The monoisotopic (exact) mass is 470 g/mol. The smallest absolute Gasteiger partial charge is 0.0148 e. The highest BCUT2D eigenvalue weighted by Gasteiger charge is 2.01. The Morgan fingerprint density at radius 3 is 0.892 bits per heavy atom. The Hall–Kier alpha value is -4.68. The Kier molecular flexibility index (Phi) is 5.11. The highest BCUT2D eigenvalue weighted by Crippen LogP contribution is 2.27. The van der Waals surface area contributed by atoms with Gasteiger partial charge in [0, 0.05) is 0 Å². The van der Waals surface area contributed by atoms with Crippen molar-refractivity contribution in [2.45, 2.75) is 6.92 Å². The van der Waals surface area contributed by atoms with E-state index in [4.69, 9.17) is 0 Å². The molecule has 0 aliphatic heterocycles. The number of aryl methyl sites for hydroxylation is 1. The molecule has 0 nitrogen and oxygen atoms in total. The number of hydrogen-bond donors (Lipinski definition) is 0. The highest BCUT2D eigenvalue weighted by molar-refractivity contribution is 6.01. The molecular weight excluding hydrogens is 444 g/mol. The summed E-state index contributed by atoms with van der Waals surface area (Å²) in [4.78, 5) is 0. The Morgan fingerprint density at radius 2 is 0.541 bits per heavy atom. The van der Waals surface area contributed by atoms with E-state index in [-0.39, 0.29) is 0 Å². The molecule has 0 fully saturated rings. The van der Waals surface area contributed by atoms with E-state index in [1.54, 1.807) is 0 Å². The quantitative estimate of drug-likeness (QED) is 0.207. The maximum Gasteiger partial charge on any atom is -0.0148 e. The third-order valence-corrected chi connectivity index (χ3v) is 7.53. The summed E-state index contributed by atoms with van der Waals surface area (Å²) in [5, 5.41) is 14.8. The SMILES string of the molecule is Cc1ccc2cc1c1cccc(c1)c1cccc(c1)c1cccc(c1)c1cccc(c1)c1cccc2c1. The third kappa shape index (κ3) is 3.97. The molecule has 0 amide bonds. The van der Waals surface area contributed by atoms with Crippen LogP contribution in [0.4, 0.5) is 0 Å². The van der Waals surface area contributed by atoms with Gasteiger partial charge in [0.2, 0.25) is 0 Å². The maximum atomic E-state index is 2.34. The first-order chi connectivity index (χ1) is 18.2. The molecule has 0 heteroatoms. The molecule has 37 heavy (non-hydrogen) atoms. The van der Waals surface area contributed by atoms with E-state index >= 15 is 0 Å². The summed E-state index contributed by atoms with van der Waals surface area (Å²) < 4.78 is 0. The fraction of sp³-hybridized carbons (Fsp3) is 0.0270. The van der Waals surface area contributed by atoms with E-state index < -0.39 is 0 Å². The Balaban J connectivity index is 1.73. The molecule has 0 aliphatic rings. The van der Waals surface area contributed by atoms with Crippen LogP contribution in [-0.2, 0) is 0 Å². The van der Waals surface area contributed by atoms with Crippen molar-refractivity contribution in [3.05, 3.63) is 145 Å². The zero-order valence-electron chi connectivity index (χ0n) is 20.8. The lowest BCUT2D eigenvalue weighted by atomic mass is 10.0. The molecule has 0 saturated heterocycles. The Bertz CT molecular complexity index is 2090. The minimum absolute atomic E-state index is 1.23. The summed E-state index contributed by atoms with van der Waals surface area (Å²) >= 11 is 0. The number of rotatable bonds is 0. The number of benzene rings is 6. The standard InChI is InChI=1S/C37H26/c1-25-17-18-35-24-37(25)36-16-6-15-34(23-36)32-13-4-11-30(21-32)28-9-2-7-26(19-28)27-8-3-10-29(20-27)31-12-5-14-33(35)22-31/h2-24H,1H3. The van der Waals surface area contributed by atoms with Gasteiger partial charge in [-0.25, -0.2) is 0 Å². The molecule has 7 aromatic rings. The van der Waals surface area contributed by atoms with Gasteiger partial charge in [0.1, 0.15) is 0 Å². The zero-order valence-corrected chi connectivity index (χ0v) is 20.8. The van der Waals surface area contributed by atoms with Crippen LogP contribution in [0.5, 0.6) is 0 Å². The average molecular weight is 471 g/mol. The first kappa shape index (κ1) is 21.6. The first-order valence-corrected chi connectivity index (χ1v) is 12.8. The van der Waals surface area contributed by atoms with Gasteiger partial charge in [-0.1, -0.05) is 103 Å². The predicted octanol–water partition coefficient (Wildman–Crippen LogP) is 10.6. The van der Waals surface area contributed by atoms with Gasteiger partial charge in [-0.15, -0.1) is 0 Å². The highest BCUT2D eigenvalue weighted by atomic mass is 14.0. The zero-order chi connectivity index (χ0) is 24.8. The molecule has 0 unspecified atom stereocenters. The van der Waals surface area contributed by atoms with Crippen LogP contribution < -0.4 is 0 Å². The van der Waals surface area contributed by atoms with Crippen molar-refractivity contribution >= 4 is 64.6 Å². The van der Waals surface area contributed by atoms with Gasteiger partial charge in [-0.2, -0.15) is 0 Å². The normalized spacial score (nSPS) is 11.4. The molecule has 0 radical (unpaired) electrons. The van der Waals surface area contributed by atoms with Crippen molar-refractivity contribution in [3.63, 3.8) is 0 Å². The van der Waals surface area contributed by atoms with Crippen molar-refractivity contribution in [2.75, 3.05) is 0 Å². The lowest BCUT2D eigenvalue weighted by molar-refractivity contribution is 1.55. The van der Waals surface area contributed by atoms with Crippen LogP contribution in [-0.4, -0.2) is 0 Å². The molecule has 0 aromatic heterocycles. The van der Waals surface area contributed by atoms with E-state index in [1.165, 1.54) is 70.2 Å². The summed E-state index contributed by atoms with van der Waals surface area (Å²) in [6, 6.07) is 51.4. The molecule has 0 aliphatic carbocycles. The molecule has 7 rings (SSSR count). The van der Waals surface area contributed by atoms with Crippen LogP contribution in [0, 0.1) is 6.92 Å². The van der Waals surface area contributed by atoms with Crippen LogP contribution in [0.3, 0.4) is 0 Å². The number of fused-ring (bicyclic) bond motifs is 18. The predicted molar refractivity (Wildman–Crippen MR) is 163 cm³/mol. The molecule has 7 aromatic carbocycles. The third-order valence-electron chi connectivity index (χ3n) is 7.53. The van der Waals surface area contributed by atoms with Crippen molar-refractivity contribution in [1.82, 2.24) is 0 Å². The van der Waals surface area contributed by atoms with Crippen LogP contribution in [0.25, 0.3) is 64.6 Å². The van der Waals surface area contributed by atoms with Crippen molar-refractivity contribution in [1.29, 1.82) is 0 Å². The number of hydrogen-bond acceptors (Lipinski definition) is 0. The molecule has 0 heterocycles. The molecular formula is C37H26. The Labute approximate surface area is 216 Å². The van der Waals surface area contributed by atoms with E-state index in [0.29, 0.717) is 0 Å². The lowest BCUT2D eigenvalue weighted by Crippen LogP contribution is -1.79. The lowest BCUT2D eigenvalue weighted by Gasteiger charge is -2.04. The summed E-state index contributed by atoms with van der Waals surface area (Å²) in [6.07, 6.45) is 0. The summed E-state index contributed by atoms with van der Waals surface area (Å²) in [6.45, 7) is 2.20. The molecule has 0 N–H and O–H groups in total. The molecule has 0 saturated carbocycles. The van der Waals surface area contributed by atoms with Gasteiger partial charge >= 0.3 is 0 Å². The minimum atomic E-state index is 1.23. The van der Waals surface area contributed by atoms with Crippen LogP contribution >= 0.6 is 0 Å². The summed E-state index contributed by atoms with van der Waals surface area (Å²) in [7, 11) is 0. The maximum absolute atomic E-state index is 2.34. The van der Waals surface area contributed by atoms with Crippen LogP contribution in [0.15, 0.2) is 140 Å². The molecule has 174 valence electrons. The fourth-order valence-corrected chi connectivity index (χ4v) is 5.49. The van der Waals surface area contributed by atoms with Gasteiger partial charge in [0.25, 0.3) is 0 Å². The van der Waals surface area contributed by atoms with Crippen LogP contribution in [0.1, 0.15) is 5.56 Å².